The average Bonchev–Trinajstić information content (AvgIpc) is 2.39. The first kappa shape index (κ1) is 17.0. The quantitative estimate of drug-likeness (QED) is 0.621. The van der Waals surface area contributed by atoms with Gasteiger partial charge in [-0.3, -0.25) is 0 Å². The molecule has 0 unspecified atom stereocenters. The van der Waals surface area contributed by atoms with Gasteiger partial charge in [-0.05, 0) is 38.0 Å². The summed E-state index contributed by atoms with van der Waals surface area (Å²) in [5.41, 5.74) is 0.128. The van der Waals surface area contributed by atoms with Crippen molar-refractivity contribution in [2.75, 3.05) is 13.2 Å². The van der Waals surface area contributed by atoms with E-state index >= 15 is 0 Å². The molecule has 1 aliphatic rings. The van der Waals surface area contributed by atoms with E-state index in [4.69, 9.17) is 4.74 Å². The molecule has 0 aromatic heterocycles. The van der Waals surface area contributed by atoms with Gasteiger partial charge >= 0.3 is 0 Å². The second kappa shape index (κ2) is 8.97. The first-order valence-corrected chi connectivity index (χ1v) is 8.45. The van der Waals surface area contributed by atoms with E-state index in [1.165, 1.54) is 51.4 Å². The van der Waals surface area contributed by atoms with E-state index in [0.29, 0.717) is 6.04 Å². The lowest BCUT2D eigenvalue weighted by Gasteiger charge is -2.40. The van der Waals surface area contributed by atoms with Crippen molar-refractivity contribution in [1.29, 1.82) is 0 Å². The number of nitrogens with one attached hydrogen (secondary N) is 1. The molecule has 114 valence electrons. The largest absolute Gasteiger partial charge is 0.374 e. The van der Waals surface area contributed by atoms with Crippen molar-refractivity contribution < 1.29 is 4.74 Å². The van der Waals surface area contributed by atoms with Crippen LogP contribution in [0.4, 0.5) is 0 Å². The normalized spacial score (nSPS) is 27.9. The summed E-state index contributed by atoms with van der Waals surface area (Å²) in [5.74, 6) is 0.885. The topological polar surface area (TPSA) is 21.3 Å². The van der Waals surface area contributed by atoms with E-state index in [-0.39, 0.29) is 5.60 Å². The minimum absolute atomic E-state index is 0.128. The summed E-state index contributed by atoms with van der Waals surface area (Å²) in [7, 11) is 0. The lowest BCUT2D eigenvalue weighted by Crippen LogP contribution is -2.47. The van der Waals surface area contributed by atoms with Gasteiger partial charge < -0.3 is 10.1 Å². The van der Waals surface area contributed by atoms with Gasteiger partial charge in [0.25, 0.3) is 0 Å². The molecule has 0 heterocycles. The van der Waals surface area contributed by atoms with Gasteiger partial charge in [-0.2, -0.15) is 0 Å². The predicted molar refractivity (Wildman–Crippen MR) is 83.6 cm³/mol. The zero-order valence-electron chi connectivity index (χ0n) is 13.6. The van der Waals surface area contributed by atoms with Crippen LogP contribution >= 0.6 is 0 Å². The van der Waals surface area contributed by atoms with E-state index in [2.05, 4.69) is 33.0 Å². The van der Waals surface area contributed by atoms with Crippen LogP contribution in [0, 0.1) is 5.92 Å². The molecule has 1 aliphatic carbocycles. The Morgan fingerprint density at radius 2 is 1.84 bits per heavy atom. The molecule has 1 saturated carbocycles. The van der Waals surface area contributed by atoms with Gasteiger partial charge in [0, 0.05) is 19.2 Å². The fourth-order valence-corrected chi connectivity index (χ4v) is 2.87. The molecule has 1 rings (SSSR count). The Bertz CT molecular complexity index is 219. The summed E-state index contributed by atoms with van der Waals surface area (Å²) < 4.78 is 6.35. The summed E-state index contributed by atoms with van der Waals surface area (Å²) in [6.07, 6.45) is 10.3. The third-order valence-corrected chi connectivity index (χ3v) is 4.42. The highest BCUT2D eigenvalue weighted by Gasteiger charge is 2.34. The maximum Gasteiger partial charge on any atom is 0.0806 e. The Labute approximate surface area is 120 Å². The minimum atomic E-state index is 0.128. The van der Waals surface area contributed by atoms with E-state index in [1.54, 1.807) is 0 Å². The monoisotopic (exact) mass is 269 g/mol. The standard InChI is InChI=1S/C17H35NO/c1-5-6-7-8-13-19-17(14-18-15(2)3)11-9-16(4)10-12-17/h15-16,18H,5-14H2,1-4H3. The molecule has 2 nitrogen and oxygen atoms in total. The van der Waals surface area contributed by atoms with Crippen LogP contribution in [0.1, 0.15) is 79.1 Å². The third-order valence-electron chi connectivity index (χ3n) is 4.42. The van der Waals surface area contributed by atoms with Crippen molar-refractivity contribution in [3.63, 3.8) is 0 Å². The summed E-state index contributed by atoms with van der Waals surface area (Å²) in [6.45, 7) is 11.1. The van der Waals surface area contributed by atoms with Crippen LogP contribution in [-0.4, -0.2) is 24.8 Å². The van der Waals surface area contributed by atoms with Crippen LogP contribution in [0.2, 0.25) is 0 Å². The Hall–Kier alpha value is -0.0800. The summed E-state index contributed by atoms with van der Waals surface area (Å²) in [5, 5.41) is 3.60. The lowest BCUT2D eigenvalue weighted by atomic mass is 9.79. The lowest BCUT2D eigenvalue weighted by molar-refractivity contribution is -0.0772. The first-order chi connectivity index (χ1) is 9.08. The summed E-state index contributed by atoms with van der Waals surface area (Å²) in [4.78, 5) is 0. The molecule has 0 atom stereocenters. The minimum Gasteiger partial charge on any atom is -0.374 e. The Morgan fingerprint density at radius 3 is 2.42 bits per heavy atom. The highest BCUT2D eigenvalue weighted by Crippen LogP contribution is 2.34. The molecule has 0 aliphatic heterocycles. The predicted octanol–water partition coefficient (Wildman–Crippen LogP) is 4.53. The fraction of sp³-hybridized carbons (Fsp3) is 1.00. The van der Waals surface area contributed by atoms with Crippen LogP contribution in [0.25, 0.3) is 0 Å². The van der Waals surface area contributed by atoms with E-state index < -0.39 is 0 Å². The number of ether oxygens (including phenoxy) is 1. The molecule has 0 amide bonds. The van der Waals surface area contributed by atoms with E-state index in [0.717, 1.165) is 19.1 Å². The van der Waals surface area contributed by atoms with Crippen molar-refractivity contribution in [3.05, 3.63) is 0 Å². The third kappa shape index (κ3) is 6.76. The van der Waals surface area contributed by atoms with Gasteiger partial charge in [-0.25, -0.2) is 0 Å². The SMILES string of the molecule is CCCCCCOC1(CNC(C)C)CCC(C)CC1. The molecule has 0 spiro atoms. The first-order valence-electron chi connectivity index (χ1n) is 8.45. The van der Waals surface area contributed by atoms with Crippen molar-refractivity contribution in [2.45, 2.75) is 90.7 Å². The fourth-order valence-electron chi connectivity index (χ4n) is 2.87. The van der Waals surface area contributed by atoms with Gasteiger partial charge in [0.05, 0.1) is 5.60 Å². The molecular formula is C17H35NO. The van der Waals surface area contributed by atoms with Crippen molar-refractivity contribution in [3.8, 4) is 0 Å². The average molecular weight is 269 g/mol. The Kier molecular flexibility index (Phi) is 8.01. The molecular weight excluding hydrogens is 234 g/mol. The zero-order valence-corrected chi connectivity index (χ0v) is 13.6. The number of hydrogen-bond donors (Lipinski definition) is 1. The van der Waals surface area contributed by atoms with Crippen LogP contribution in [0.15, 0.2) is 0 Å². The van der Waals surface area contributed by atoms with Crippen LogP contribution in [-0.2, 0) is 4.74 Å². The Balaban J connectivity index is 2.36. The molecule has 0 bridgehead atoms. The molecule has 0 aromatic carbocycles. The summed E-state index contributed by atoms with van der Waals surface area (Å²) in [6, 6.07) is 0.555. The van der Waals surface area contributed by atoms with Crippen LogP contribution in [0.3, 0.4) is 0 Å². The van der Waals surface area contributed by atoms with Gasteiger partial charge in [0.15, 0.2) is 0 Å². The number of hydrogen-bond acceptors (Lipinski definition) is 2. The molecule has 1 N–H and O–H groups in total. The van der Waals surface area contributed by atoms with E-state index in [9.17, 15) is 0 Å². The zero-order chi connectivity index (χ0) is 14.1. The number of rotatable bonds is 9. The summed E-state index contributed by atoms with van der Waals surface area (Å²) >= 11 is 0. The highest BCUT2D eigenvalue weighted by atomic mass is 16.5. The van der Waals surface area contributed by atoms with Crippen molar-refractivity contribution in [2.24, 2.45) is 5.92 Å². The van der Waals surface area contributed by atoms with Gasteiger partial charge in [0.2, 0.25) is 0 Å². The molecule has 0 radical (unpaired) electrons. The van der Waals surface area contributed by atoms with Gasteiger partial charge in [-0.15, -0.1) is 0 Å². The molecule has 0 aromatic rings. The highest BCUT2D eigenvalue weighted by molar-refractivity contribution is 4.89. The van der Waals surface area contributed by atoms with Crippen molar-refractivity contribution in [1.82, 2.24) is 5.32 Å². The molecule has 19 heavy (non-hydrogen) atoms. The Morgan fingerprint density at radius 1 is 1.16 bits per heavy atom. The number of unbranched alkanes of at least 4 members (excludes halogenated alkanes) is 3. The van der Waals surface area contributed by atoms with Gasteiger partial charge in [0.1, 0.15) is 0 Å². The molecule has 1 fully saturated rings. The molecule has 0 saturated heterocycles. The van der Waals surface area contributed by atoms with Crippen LogP contribution < -0.4 is 5.32 Å². The second-order valence-corrected chi connectivity index (χ2v) is 6.81. The van der Waals surface area contributed by atoms with Crippen LogP contribution in [0.5, 0.6) is 0 Å². The smallest absolute Gasteiger partial charge is 0.0806 e. The maximum atomic E-state index is 6.35. The maximum absolute atomic E-state index is 6.35. The second-order valence-electron chi connectivity index (χ2n) is 6.81. The van der Waals surface area contributed by atoms with Gasteiger partial charge in [-0.1, -0.05) is 47.0 Å². The van der Waals surface area contributed by atoms with E-state index in [1.807, 2.05) is 0 Å². The van der Waals surface area contributed by atoms with Crippen molar-refractivity contribution >= 4 is 0 Å². The molecule has 2 heteroatoms.